The van der Waals surface area contributed by atoms with Crippen LogP contribution in [0.2, 0.25) is 0 Å². The van der Waals surface area contributed by atoms with Gasteiger partial charge >= 0.3 is 0 Å². The van der Waals surface area contributed by atoms with Gasteiger partial charge in [-0.2, -0.15) is 0 Å². The number of carbonyl (C=O) groups is 1. The summed E-state index contributed by atoms with van der Waals surface area (Å²) in [5.74, 6) is -0.568. The second-order valence-corrected chi connectivity index (χ2v) is 10.7. The molecule has 0 bridgehead atoms. The lowest BCUT2D eigenvalue weighted by Crippen LogP contribution is -2.46. The number of hydrogen-bond donors (Lipinski definition) is 2. The molecule has 0 saturated carbocycles. The minimum Gasteiger partial charge on any atom is -0.490 e. The first-order valence-electron chi connectivity index (χ1n) is 14.2. The Balaban J connectivity index is 1.10. The maximum absolute atomic E-state index is 13.5. The van der Waals surface area contributed by atoms with Crippen molar-refractivity contribution >= 4 is 12.0 Å². The molecule has 3 aromatic rings. The van der Waals surface area contributed by atoms with E-state index in [0.29, 0.717) is 17.2 Å². The van der Waals surface area contributed by atoms with Crippen molar-refractivity contribution in [2.75, 3.05) is 32.7 Å². The Bertz CT molecular complexity index is 1200. The van der Waals surface area contributed by atoms with Crippen LogP contribution >= 0.6 is 0 Å². The molecule has 0 atom stereocenters. The molecule has 1 amide bonds. The quantitative estimate of drug-likeness (QED) is 0.372. The maximum Gasteiger partial charge on any atom is 0.232 e. The molecule has 2 saturated heterocycles. The highest BCUT2D eigenvalue weighted by Gasteiger charge is 2.27. The molecule has 0 spiro atoms. The minimum absolute atomic E-state index is 0.0589. The van der Waals surface area contributed by atoms with Gasteiger partial charge in [-0.3, -0.25) is 9.69 Å². The third-order valence-electron chi connectivity index (χ3n) is 7.75. The number of hydrogen-bond acceptors (Lipinski definition) is 4. The molecule has 0 radical (unpaired) electrons. The van der Waals surface area contributed by atoms with E-state index in [4.69, 9.17) is 4.74 Å². The first-order chi connectivity index (χ1) is 19.5. The fourth-order valence-electron chi connectivity index (χ4n) is 5.45. The molecule has 210 valence electrons. The maximum atomic E-state index is 13.5. The fraction of sp³-hybridized carbons (Fsp3) is 0.364. The van der Waals surface area contributed by atoms with Gasteiger partial charge in [-0.25, -0.2) is 8.78 Å². The van der Waals surface area contributed by atoms with E-state index < -0.39 is 5.92 Å². The zero-order valence-electron chi connectivity index (χ0n) is 22.7. The molecular formula is C33H37F2N3O2. The number of piperidine rings is 2. The topological polar surface area (TPSA) is 53.6 Å². The highest BCUT2D eigenvalue weighted by atomic mass is 19.1. The molecule has 2 fully saturated rings. The highest BCUT2D eigenvalue weighted by molar-refractivity contribution is 5.87. The van der Waals surface area contributed by atoms with Crippen LogP contribution < -0.4 is 15.4 Å². The van der Waals surface area contributed by atoms with Crippen molar-refractivity contribution in [3.05, 3.63) is 107 Å². The summed E-state index contributed by atoms with van der Waals surface area (Å²) in [4.78, 5) is 15.8. The van der Waals surface area contributed by atoms with Crippen molar-refractivity contribution in [1.29, 1.82) is 0 Å². The predicted molar refractivity (Wildman–Crippen MR) is 154 cm³/mol. The number of nitrogens with one attached hydrogen (secondary N) is 2. The number of rotatable bonds is 9. The van der Waals surface area contributed by atoms with Crippen LogP contribution in [-0.4, -0.2) is 55.7 Å². The molecule has 2 N–H and O–H groups in total. The molecule has 5 nitrogen and oxygen atoms in total. The third kappa shape index (κ3) is 7.77. The van der Waals surface area contributed by atoms with Gasteiger partial charge < -0.3 is 15.4 Å². The van der Waals surface area contributed by atoms with Gasteiger partial charge in [-0.15, -0.1) is 0 Å². The molecule has 0 aliphatic carbocycles. The molecule has 7 heteroatoms. The summed E-state index contributed by atoms with van der Waals surface area (Å²) in [6.45, 7) is 4.65. The summed E-state index contributed by atoms with van der Waals surface area (Å²) in [5.41, 5.74) is 2.50. The van der Waals surface area contributed by atoms with Gasteiger partial charge in [0, 0.05) is 25.7 Å². The van der Waals surface area contributed by atoms with E-state index in [0.717, 1.165) is 69.7 Å². The minimum atomic E-state index is -0.626. The Morgan fingerprint density at radius 1 is 0.875 bits per heavy atom. The first-order valence-corrected chi connectivity index (χ1v) is 14.2. The Morgan fingerprint density at radius 3 is 2.02 bits per heavy atom. The summed E-state index contributed by atoms with van der Waals surface area (Å²) < 4.78 is 33.1. The number of amides is 1. The van der Waals surface area contributed by atoms with Crippen molar-refractivity contribution in [2.45, 2.75) is 43.7 Å². The van der Waals surface area contributed by atoms with E-state index in [1.54, 1.807) is 24.3 Å². The molecule has 40 heavy (non-hydrogen) atoms. The number of likely N-dealkylation sites (tertiary alicyclic amines) is 1. The van der Waals surface area contributed by atoms with E-state index >= 15 is 0 Å². The van der Waals surface area contributed by atoms with Crippen LogP contribution in [0.25, 0.3) is 6.08 Å². The Morgan fingerprint density at radius 2 is 1.45 bits per heavy atom. The largest absolute Gasteiger partial charge is 0.490 e. The molecule has 5 rings (SSSR count). The van der Waals surface area contributed by atoms with Gasteiger partial charge in [-0.1, -0.05) is 48.6 Å². The number of ether oxygens (including phenoxy) is 1. The van der Waals surface area contributed by atoms with Crippen molar-refractivity contribution in [2.24, 2.45) is 0 Å². The molecule has 0 aromatic heterocycles. The number of nitrogens with zero attached hydrogens (tertiary/aromatic N) is 1. The van der Waals surface area contributed by atoms with Crippen LogP contribution in [0.4, 0.5) is 8.78 Å². The normalized spacial score (nSPS) is 17.4. The molecule has 3 aromatic carbocycles. The summed E-state index contributed by atoms with van der Waals surface area (Å²) in [7, 11) is 0. The van der Waals surface area contributed by atoms with Crippen LogP contribution in [0, 0.1) is 11.6 Å². The van der Waals surface area contributed by atoms with E-state index in [1.165, 1.54) is 24.3 Å². The smallest absolute Gasteiger partial charge is 0.232 e. The van der Waals surface area contributed by atoms with Crippen LogP contribution in [0.15, 0.2) is 78.9 Å². The predicted octanol–water partition coefficient (Wildman–Crippen LogP) is 5.52. The summed E-state index contributed by atoms with van der Waals surface area (Å²) in [6.07, 6.45) is 8.41. The average molecular weight is 546 g/mol. The standard InChI is InChI=1S/C33H37F2N3O2/c34-27-9-5-25(6-10-27)32(26-7-11-28(35)12-8-26)33(39)37-29-17-22-38(23-18-29)21-1-2-24-3-13-30(14-4-24)40-31-15-19-36-20-16-31/h1-14,29,31-32,36H,15-23H2,(H,37,39)/b2-1+. The van der Waals surface area contributed by atoms with Crippen LogP contribution in [0.1, 0.15) is 48.3 Å². The van der Waals surface area contributed by atoms with E-state index in [9.17, 15) is 13.6 Å². The SMILES string of the molecule is O=C(NC1CCN(C/C=C/c2ccc(OC3CCNCC3)cc2)CC1)C(c1ccc(F)cc1)c1ccc(F)cc1. The van der Waals surface area contributed by atoms with Crippen molar-refractivity contribution < 1.29 is 18.3 Å². The lowest BCUT2D eigenvalue weighted by molar-refractivity contribution is -0.122. The van der Waals surface area contributed by atoms with Crippen molar-refractivity contribution in [3.63, 3.8) is 0 Å². The first kappa shape index (κ1) is 28.0. The van der Waals surface area contributed by atoms with Crippen molar-refractivity contribution in [3.8, 4) is 5.75 Å². The summed E-state index contributed by atoms with van der Waals surface area (Å²) in [6, 6.07) is 20.2. The van der Waals surface area contributed by atoms with Crippen LogP contribution in [0.3, 0.4) is 0 Å². The second kappa shape index (κ2) is 13.7. The summed E-state index contributed by atoms with van der Waals surface area (Å²) in [5, 5.41) is 6.55. The Kier molecular flexibility index (Phi) is 9.58. The van der Waals surface area contributed by atoms with Gasteiger partial charge in [0.1, 0.15) is 23.5 Å². The van der Waals surface area contributed by atoms with Gasteiger partial charge in [0.05, 0.1) is 5.92 Å². The number of benzene rings is 3. The number of halogens is 2. The molecule has 2 aliphatic rings. The van der Waals surface area contributed by atoms with E-state index in [2.05, 4.69) is 39.8 Å². The fourth-order valence-corrected chi connectivity index (χ4v) is 5.45. The van der Waals surface area contributed by atoms with E-state index in [-0.39, 0.29) is 23.6 Å². The van der Waals surface area contributed by atoms with Gasteiger partial charge in [0.25, 0.3) is 0 Å². The van der Waals surface area contributed by atoms with Crippen LogP contribution in [-0.2, 0) is 4.79 Å². The number of carbonyl (C=O) groups excluding carboxylic acids is 1. The highest BCUT2D eigenvalue weighted by Crippen LogP contribution is 2.26. The lowest BCUT2D eigenvalue weighted by Gasteiger charge is -2.32. The van der Waals surface area contributed by atoms with E-state index in [1.807, 2.05) is 12.1 Å². The zero-order valence-corrected chi connectivity index (χ0v) is 22.7. The Labute approximate surface area is 235 Å². The van der Waals surface area contributed by atoms with Gasteiger partial charge in [0.2, 0.25) is 5.91 Å². The van der Waals surface area contributed by atoms with Gasteiger partial charge in [0.15, 0.2) is 0 Å². The lowest BCUT2D eigenvalue weighted by atomic mass is 9.89. The molecule has 2 heterocycles. The van der Waals surface area contributed by atoms with Crippen molar-refractivity contribution in [1.82, 2.24) is 15.5 Å². The average Bonchev–Trinajstić information content (AvgIpc) is 2.98. The van der Waals surface area contributed by atoms with Crippen LogP contribution in [0.5, 0.6) is 5.75 Å². The van der Waals surface area contributed by atoms with Gasteiger partial charge in [-0.05, 0) is 91.9 Å². The second-order valence-electron chi connectivity index (χ2n) is 10.7. The molecular weight excluding hydrogens is 508 g/mol. The molecule has 2 aliphatic heterocycles. The Hall–Kier alpha value is -3.55. The summed E-state index contributed by atoms with van der Waals surface area (Å²) >= 11 is 0. The third-order valence-corrected chi connectivity index (χ3v) is 7.75. The zero-order chi connectivity index (χ0) is 27.7. The monoisotopic (exact) mass is 545 g/mol. The molecule has 0 unspecified atom stereocenters.